The van der Waals surface area contributed by atoms with Gasteiger partial charge >= 0.3 is 6.18 Å². The van der Waals surface area contributed by atoms with Gasteiger partial charge in [-0.3, -0.25) is 0 Å². The lowest BCUT2D eigenvalue weighted by molar-refractivity contribution is -0.149. The number of benzene rings is 1. The van der Waals surface area contributed by atoms with Gasteiger partial charge in [-0.2, -0.15) is 13.2 Å². The van der Waals surface area contributed by atoms with Gasteiger partial charge in [-0.25, -0.2) is 0 Å². The number of ether oxygens (including phenoxy) is 1. The second-order valence-corrected chi connectivity index (χ2v) is 6.21. The molecule has 0 saturated heterocycles. The van der Waals surface area contributed by atoms with Gasteiger partial charge in [-0.15, -0.1) is 0 Å². The maximum Gasteiger partial charge on any atom is 0.391 e. The quantitative estimate of drug-likeness (QED) is 0.841. The van der Waals surface area contributed by atoms with E-state index >= 15 is 0 Å². The molecule has 0 radical (unpaired) electrons. The molecule has 2 nitrogen and oxygen atoms in total. The summed E-state index contributed by atoms with van der Waals surface area (Å²) in [7, 11) is 0. The van der Waals surface area contributed by atoms with Gasteiger partial charge in [-0.05, 0) is 38.8 Å². The van der Waals surface area contributed by atoms with E-state index < -0.39 is 12.6 Å². The summed E-state index contributed by atoms with van der Waals surface area (Å²) in [5.74, 6) is 0. The number of hydrogen-bond acceptors (Lipinski definition) is 2. The smallest absolute Gasteiger partial charge is 0.372 e. The lowest BCUT2D eigenvalue weighted by atomic mass is 10.0. The summed E-state index contributed by atoms with van der Waals surface area (Å²) in [4.78, 5) is 0. The molecular weight excluding hydrogens is 279 g/mol. The minimum Gasteiger partial charge on any atom is -0.372 e. The van der Waals surface area contributed by atoms with Crippen LogP contribution in [0.2, 0.25) is 0 Å². The van der Waals surface area contributed by atoms with Crippen LogP contribution in [0.15, 0.2) is 24.3 Å². The second kappa shape index (κ2) is 7.27. The van der Waals surface area contributed by atoms with Crippen molar-refractivity contribution in [1.29, 1.82) is 0 Å². The van der Waals surface area contributed by atoms with E-state index in [-0.39, 0.29) is 18.2 Å². The van der Waals surface area contributed by atoms with Gasteiger partial charge in [0.15, 0.2) is 0 Å². The van der Waals surface area contributed by atoms with Gasteiger partial charge in [0.1, 0.15) is 0 Å². The minimum atomic E-state index is -4.19. The molecule has 1 aromatic carbocycles. The topological polar surface area (TPSA) is 21.3 Å². The Labute approximate surface area is 124 Å². The van der Waals surface area contributed by atoms with Crippen molar-refractivity contribution < 1.29 is 17.9 Å². The van der Waals surface area contributed by atoms with E-state index in [1.807, 2.05) is 52.0 Å². The van der Waals surface area contributed by atoms with Crippen LogP contribution in [0.3, 0.4) is 0 Å². The molecule has 1 atom stereocenters. The summed E-state index contributed by atoms with van der Waals surface area (Å²) in [5.41, 5.74) is 1.83. The molecule has 120 valence electrons. The van der Waals surface area contributed by atoms with Crippen LogP contribution in [0.25, 0.3) is 0 Å². The van der Waals surface area contributed by atoms with Crippen LogP contribution in [0.5, 0.6) is 0 Å². The van der Waals surface area contributed by atoms with E-state index in [9.17, 15) is 13.2 Å². The number of nitrogens with one attached hydrogen (secondary N) is 1. The van der Waals surface area contributed by atoms with Crippen LogP contribution in [-0.4, -0.2) is 24.9 Å². The lowest BCUT2D eigenvalue weighted by Gasteiger charge is -2.27. The third-order valence-electron chi connectivity index (χ3n) is 3.06. The molecule has 0 bridgehead atoms. The Kier molecular flexibility index (Phi) is 6.23. The molecule has 0 aromatic heterocycles. The molecule has 0 aliphatic carbocycles. The Hall–Kier alpha value is -1.07. The zero-order valence-corrected chi connectivity index (χ0v) is 13.1. The molecule has 0 aliphatic rings. The van der Waals surface area contributed by atoms with Crippen molar-refractivity contribution in [1.82, 2.24) is 5.32 Å². The molecule has 1 rings (SSSR count). The van der Waals surface area contributed by atoms with Crippen molar-refractivity contribution >= 4 is 0 Å². The molecule has 0 spiro atoms. The Bertz CT molecular complexity index is 438. The monoisotopic (exact) mass is 303 g/mol. The fourth-order valence-corrected chi connectivity index (χ4v) is 1.92. The molecule has 0 fully saturated rings. The van der Waals surface area contributed by atoms with Gasteiger partial charge in [-0.1, -0.05) is 24.3 Å². The number of rotatable bonds is 6. The molecular formula is C16H24F3NO. The van der Waals surface area contributed by atoms with Gasteiger partial charge in [0.25, 0.3) is 0 Å². The van der Waals surface area contributed by atoms with Crippen molar-refractivity contribution in [2.45, 2.75) is 51.9 Å². The number of hydrogen-bond donors (Lipinski definition) is 1. The van der Waals surface area contributed by atoms with E-state index in [0.29, 0.717) is 6.54 Å². The average molecular weight is 303 g/mol. The van der Waals surface area contributed by atoms with Crippen LogP contribution in [0, 0.1) is 6.92 Å². The van der Waals surface area contributed by atoms with Gasteiger partial charge in [0.2, 0.25) is 0 Å². The van der Waals surface area contributed by atoms with Crippen molar-refractivity contribution in [3.63, 3.8) is 0 Å². The van der Waals surface area contributed by atoms with Crippen LogP contribution in [-0.2, 0) is 4.74 Å². The molecule has 0 saturated carbocycles. The van der Waals surface area contributed by atoms with Gasteiger partial charge < -0.3 is 10.1 Å². The lowest BCUT2D eigenvalue weighted by Crippen LogP contribution is -2.39. The van der Waals surface area contributed by atoms with E-state index in [4.69, 9.17) is 4.74 Å². The zero-order valence-electron chi connectivity index (χ0n) is 13.1. The molecule has 5 heteroatoms. The second-order valence-electron chi connectivity index (χ2n) is 6.21. The minimum absolute atomic E-state index is 0.117. The first-order valence-electron chi connectivity index (χ1n) is 7.07. The van der Waals surface area contributed by atoms with Crippen molar-refractivity contribution in [2.75, 3.05) is 13.2 Å². The Balaban J connectivity index is 2.73. The number of alkyl halides is 3. The molecule has 0 heterocycles. The molecule has 1 N–H and O–H groups in total. The van der Waals surface area contributed by atoms with Gasteiger partial charge in [0.05, 0.1) is 19.1 Å². The molecule has 21 heavy (non-hydrogen) atoms. The third-order valence-corrected chi connectivity index (χ3v) is 3.06. The predicted molar refractivity (Wildman–Crippen MR) is 78.3 cm³/mol. The summed E-state index contributed by atoms with van der Waals surface area (Å²) >= 11 is 0. The summed E-state index contributed by atoms with van der Waals surface area (Å²) in [6.07, 6.45) is -5.49. The van der Waals surface area contributed by atoms with Crippen LogP contribution >= 0.6 is 0 Å². The van der Waals surface area contributed by atoms with Crippen molar-refractivity contribution in [2.24, 2.45) is 0 Å². The summed E-state index contributed by atoms with van der Waals surface area (Å²) < 4.78 is 42.3. The van der Waals surface area contributed by atoms with Crippen LogP contribution in [0.4, 0.5) is 13.2 Å². The predicted octanol–water partition coefficient (Wildman–Crippen LogP) is 4.39. The summed E-state index contributed by atoms with van der Waals surface area (Å²) in [6, 6.07) is 7.62. The first kappa shape index (κ1) is 18.0. The van der Waals surface area contributed by atoms with E-state index in [1.54, 1.807) is 0 Å². The Morgan fingerprint density at radius 2 is 1.76 bits per heavy atom. The van der Waals surface area contributed by atoms with E-state index in [2.05, 4.69) is 5.32 Å². The average Bonchev–Trinajstić information content (AvgIpc) is 2.32. The molecule has 0 aliphatic heterocycles. The van der Waals surface area contributed by atoms with Crippen LogP contribution < -0.4 is 5.32 Å². The van der Waals surface area contributed by atoms with Gasteiger partial charge in [0, 0.05) is 12.1 Å². The maximum atomic E-state index is 12.3. The van der Waals surface area contributed by atoms with Crippen molar-refractivity contribution in [3.05, 3.63) is 35.4 Å². The largest absolute Gasteiger partial charge is 0.391 e. The first-order chi connectivity index (χ1) is 9.58. The summed E-state index contributed by atoms with van der Waals surface area (Å²) in [6.45, 7) is 8.12. The number of halogens is 3. The Morgan fingerprint density at radius 1 is 1.14 bits per heavy atom. The van der Waals surface area contributed by atoms with E-state index in [1.165, 1.54) is 0 Å². The molecule has 1 unspecified atom stereocenters. The highest BCUT2D eigenvalue weighted by Crippen LogP contribution is 2.24. The summed E-state index contributed by atoms with van der Waals surface area (Å²) in [5, 5.41) is 3.29. The first-order valence-corrected chi connectivity index (χ1v) is 7.07. The fourth-order valence-electron chi connectivity index (χ4n) is 1.92. The fraction of sp³-hybridized carbons (Fsp3) is 0.625. The molecule has 0 amide bonds. The third kappa shape index (κ3) is 7.48. The standard InChI is InChI=1S/C16H24F3NO/c1-12-7-5-6-8-13(12)14(11-20-15(2,3)4)21-10-9-16(17,18)19/h5-8,14,20H,9-11H2,1-4H3. The normalized spacial score (nSPS) is 14.2. The highest BCUT2D eigenvalue weighted by atomic mass is 19.4. The highest BCUT2D eigenvalue weighted by molar-refractivity contribution is 5.28. The Morgan fingerprint density at radius 3 is 2.29 bits per heavy atom. The SMILES string of the molecule is Cc1ccccc1C(CNC(C)(C)C)OCCC(F)(F)F. The zero-order chi connectivity index (χ0) is 16.1. The van der Waals surface area contributed by atoms with E-state index in [0.717, 1.165) is 11.1 Å². The highest BCUT2D eigenvalue weighted by Gasteiger charge is 2.27. The van der Waals surface area contributed by atoms with Crippen LogP contribution in [0.1, 0.15) is 44.4 Å². The maximum absolute atomic E-state index is 12.3. The molecule has 1 aromatic rings. The number of aryl methyl sites for hydroxylation is 1. The van der Waals surface area contributed by atoms with Crippen molar-refractivity contribution in [3.8, 4) is 0 Å².